The second kappa shape index (κ2) is 5.24. The van der Waals surface area contributed by atoms with Gasteiger partial charge in [0.15, 0.2) is 0 Å². The fraction of sp³-hybridized carbons (Fsp3) is 0.273. The van der Waals surface area contributed by atoms with Crippen LogP contribution >= 0.6 is 11.3 Å². The Balaban J connectivity index is 2.22. The van der Waals surface area contributed by atoms with E-state index in [-0.39, 0.29) is 16.0 Å². The first-order chi connectivity index (χ1) is 8.89. The highest BCUT2D eigenvalue weighted by Crippen LogP contribution is 2.21. The fourth-order valence-corrected chi connectivity index (χ4v) is 3.74. The van der Waals surface area contributed by atoms with Crippen LogP contribution in [0.4, 0.5) is 5.13 Å². The zero-order valence-corrected chi connectivity index (χ0v) is 12.2. The molecule has 0 aliphatic heterocycles. The van der Waals surface area contributed by atoms with Crippen LogP contribution in [0.3, 0.4) is 0 Å². The summed E-state index contributed by atoms with van der Waals surface area (Å²) in [6.07, 6.45) is 0. The van der Waals surface area contributed by atoms with Crippen molar-refractivity contribution >= 4 is 26.5 Å². The van der Waals surface area contributed by atoms with Gasteiger partial charge < -0.3 is 5.73 Å². The van der Waals surface area contributed by atoms with Crippen molar-refractivity contribution in [2.75, 3.05) is 12.8 Å². The fourth-order valence-electron chi connectivity index (χ4n) is 1.61. The van der Waals surface area contributed by atoms with Gasteiger partial charge in [-0.2, -0.15) is 4.31 Å². The van der Waals surface area contributed by atoms with E-state index < -0.39 is 10.0 Å². The zero-order chi connectivity index (χ0) is 14.0. The van der Waals surface area contributed by atoms with E-state index >= 15 is 0 Å². The third-order valence-electron chi connectivity index (χ3n) is 2.54. The predicted octanol–water partition coefficient (Wildman–Crippen LogP) is 1.25. The van der Waals surface area contributed by atoms with Crippen LogP contribution in [-0.2, 0) is 16.6 Å². The molecular weight excluding hydrogens is 284 g/mol. The van der Waals surface area contributed by atoms with E-state index in [1.807, 2.05) is 31.2 Å². The molecule has 1 aromatic carbocycles. The number of aromatic nitrogens is 2. The number of rotatable bonds is 4. The van der Waals surface area contributed by atoms with Crippen LogP contribution in [0.15, 0.2) is 28.6 Å². The molecule has 102 valence electrons. The van der Waals surface area contributed by atoms with Gasteiger partial charge in [-0.3, -0.25) is 0 Å². The summed E-state index contributed by atoms with van der Waals surface area (Å²) >= 11 is 0.863. The van der Waals surface area contributed by atoms with Crippen molar-refractivity contribution < 1.29 is 8.42 Å². The molecule has 6 nitrogen and oxygen atoms in total. The van der Waals surface area contributed by atoms with Gasteiger partial charge >= 0.3 is 0 Å². The molecule has 8 heteroatoms. The smallest absolute Gasteiger partial charge is 0.272 e. The van der Waals surface area contributed by atoms with Crippen LogP contribution in [0.25, 0.3) is 0 Å². The Kier molecular flexibility index (Phi) is 3.83. The molecule has 0 atom stereocenters. The van der Waals surface area contributed by atoms with Gasteiger partial charge in [-0.25, -0.2) is 8.42 Å². The molecule has 2 N–H and O–H groups in total. The van der Waals surface area contributed by atoms with Gasteiger partial charge in [0.05, 0.1) is 0 Å². The highest BCUT2D eigenvalue weighted by molar-refractivity contribution is 7.91. The quantitative estimate of drug-likeness (QED) is 0.917. The number of benzene rings is 1. The first-order valence-corrected chi connectivity index (χ1v) is 7.76. The Bertz CT molecular complexity index is 682. The molecule has 2 rings (SSSR count). The highest BCUT2D eigenvalue weighted by Gasteiger charge is 2.25. The van der Waals surface area contributed by atoms with Gasteiger partial charge in [0.1, 0.15) is 0 Å². The molecule has 0 aliphatic rings. The van der Waals surface area contributed by atoms with Crippen LogP contribution in [0, 0.1) is 6.92 Å². The van der Waals surface area contributed by atoms with Crippen molar-refractivity contribution in [1.82, 2.24) is 14.5 Å². The molecule has 0 unspecified atom stereocenters. The van der Waals surface area contributed by atoms with Crippen LogP contribution in [0.1, 0.15) is 11.1 Å². The minimum Gasteiger partial charge on any atom is -0.374 e. The molecule has 0 saturated heterocycles. The second-order valence-corrected chi connectivity index (χ2v) is 7.38. The van der Waals surface area contributed by atoms with Crippen molar-refractivity contribution in [1.29, 1.82) is 0 Å². The molecular formula is C11H14N4O2S2. The average molecular weight is 298 g/mol. The number of aryl methyl sites for hydroxylation is 1. The molecule has 0 saturated carbocycles. The maximum Gasteiger partial charge on any atom is 0.272 e. The summed E-state index contributed by atoms with van der Waals surface area (Å²) in [7, 11) is -2.12. The normalized spacial score (nSPS) is 11.9. The highest BCUT2D eigenvalue weighted by atomic mass is 32.2. The molecule has 0 aliphatic carbocycles. The van der Waals surface area contributed by atoms with E-state index in [4.69, 9.17) is 5.73 Å². The molecule has 0 bridgehead atoms. The van der Waals surface area contributed by atoms with E-state index in [9.17, 15) is 8.42 Å². The molecule has 0 amide bonds. The first kappa shape index (κ1) is 13.9. The number of hydrogen-bond donors (Lipinski definition) is 1. The van der Waals surface area contributed by atoms with Crippen molar-refractivity contribution in [3.05, 3.63) is 35.4 Å². The Morgan fingerprint density at radius 2 is 2.11 bits per heavy atom. The van der Waals surface area contributed by atoms with Crippen molar-refractivity contribution in [2.45, 2.75) is 17.8 Å². The van der Waals surface area contributed by atoms with E-state index in [0.29, 0.717) is 0 Å². The molecule has 19 heavy (non-hydrogen) atoms. The van der Waals surface area contributed by atoms with Crippen LogP contribution in [0.5, 0.6) is 0 Å². The number of sulfonamides is 1. The van der Waals surface area contributed by atoms with Gasteiger partial charge in [-0.15, -0.1) is 10.2 Å². The van der Waals surface area contributed by atoms with Gasteiger partial charge in [0.2, 0.25) is 9.47 Å². The number of nitrogens with zero attached hydrogens (tertiary/aromatic N) is 3. The van der Waals surface area contributed by atoms with E-state index in [0.717, 1.165) is 22.5 Å². The minimum atomic E-state index is -3.63. The minimum absolute atomic E-state index is 0.0832. The summed E-state index contributed by atoms with van der Waals surface area (Å²) in [6, 6.07) is 7.69. The number of anilines is 1. The lowest BCUT2D eigenvalue weighted by Crippen LogP contribution is -2.26. The number of hydrogen-bond acceptors (Lipinski definition) is 6. The topological polar surface area (TPSA) is 89.2 Å². The molecule has 0 spiro atoms. The lowest BCUT2D eigenvalue weighted by molar-refractivity contribution is 0.465. The standard InChI is InChI=1S/C11H14N4O2S2/c1-8-4-3-5-9(6-8)7-15(2)19(16,17)11-14-13-10(12)18-11/h3-6H,7H2,1-2H3,(H2,12,13). The summed E-state index contributed by atoms with van der Waals surface area (Å²) in [5.74, 6) is 0. The predicted molar refractivity (Wildman–Crippen MR) is 74.2 cm³/mol. The van der Waals surface area contributed by atoms with Crippen LogP contribution in [0.2, 0.25) is 0 Å². The Morgan fingerprint density at radius 1 is 1.37 bits per heavy atom. The Hall–Kier alpha value is -1.51. The number of nitrogens with two attached hydrogens (primary N) is 1. The number of nitrogen functional groups attached to an aromatic ring is 1. The summed E-state index contributed by atoms with van der Waals surface area (Å²) in [5.41, 5.74) is 7.42. The monoisotopic (exact) mass is 298 g/mol. The van der Waals surface area contributed by atoms with Crippen molar-refractivity contribution in [3.63, 3.8) is 0 Å². The molecule has 0 fully saturated rings. The van der Waals surface area contributed by atoms with Gasteiger partial charge in [-0.1, -0.05) is 41.2 Å². The summed E-state index contributed by atoms with van der Waals surface area (Å²) in [6.45, 7) is 2.24. The lowest BCUT2D eigenvalue weighted by Gasteiger charge is -2.15. The van der Waals surface area contributed by atoms with Gasteiger partial charge in [0.25, 0.3) is 10.0 Å². The Morgan fingerprint density at radius 3 is 2.68 bits per heavy atom. The largest absolute Gasteiger partial charge is 0.374 e. The lowest BCUT2D eigenvalue weighted by atomic mass is 10.1. The molecule has 0 radical (unpaired) electrons. The summed E-state index contributed by atoms with van der Waals surface area (Å²) < 4.78 is 25.6. The van der Waals surface area contributed by atoms with E-state index in [1.54, 1.807) is 0 Å². The average Bonchev–Trinajstić information content (AvgIpc) is 2.76. The SMILES string of the molecule is Cc1cccc(CN(C)S(=O)(=O)c2nnc(N)s2)c1. The molecule has 1 aromatic heterocycles. The van der Waals surface area contributed by atoms with E-state index in [2.05, 4.69) is 10.2 Å². The maximum atomic E-state index is 12.2. The zero-order valence-electron chi connectivity index (χ0n) is 10.6. The molecule has 2 aromatic rings. The van der Waals surface area contributed by atoms with Gasteiger partial charge in [0, 0.05) is 13.6 Å². The third-order valence-corrected chi connectivity index (χ3v) is 5.44. The van der Waals surface area contributed by atoms with Crippen molar-refractivity contribution in [2.24, 2.45) is 0 Å². The first-order valence-electron chi connectivity index (χ1n) is 5.50. The van der Waals surface area contributed by atoms with Crippen molar-refractivity contribution in [3.8, 4) is 0 Å². The summed E-state index contributed by atoms with van der Waals surface area (Å²) in [5, 5.41) is 7.25. The maximum absolute atomic E-state index is 12.2. The third kappa shape index (κ3) is 3.09. The summed E-state index contributed by atoms with van der Waals surface area (Å²) in [4.78, 5) is 0. The Labute approximate surface area is 115 Å². The van der Waals surface area contributed by atoms with Crippen LogP contribution < -0.4 is 5.73 Å². The van der Waals surface area contributed by atoms with Crippen LogP contribution in [-0.4, -0.2) is 30.0 Å². The second-order valence-electron chi connectivity index (χ2n) is 4.16. The van der Waals surface area contributed by atoms with Gasteiger partial charge in [-0.05, 0) is 12.5 Å². The molecule has 1 heterocycles. The van der Waals surface area contributed by atoms with E-state index in [1.165, 1.54) is 11.4 Å².